The van der Waals surface area contributed by atoms with Crippen molar-refractivity contribution in [3.8, 4) is 0 Å². The van der Waals surface area contributed by atoms with E-state index in [0.717, 1.165) is 24.4 Å². The van der Waals surface area contributed by atoms with Gasteiger partial charge in [0.15, 0.2) is 0 Å². The maximum Gasteiger partial charge on any atom is 0.0459 e. The number of fused-ring (bicyclic) bond motifs is 2. The number of rotatable bonds is 3. The van der Waals surface area contributed by atoms with Crippen molar-refractivity contribution in [1.82, 2.24) is 15.2 Å². The van der Waals surface area contributed by atoms with Crippen molar-refractivity contribution in [3.05, 3.63) is 35.5 Å². The topological polar surface area (TPSA) is 31.1 Å². The number of benzene rings is 1. The van der Waals surface area contributed by atoms with Gasteiger partial charge in [0.05, 0.1) is 0 Å². The van der Waals surface area contributed by atoms with Crippen LogP contribution < -0.4 is 5.32 Å². The number of hydrogen-bond donors (Lipinski definition) is 2. The number of aromatic amines is 1. The van der Waals surface area contributed by atoms with Crippen LogP contribution in [0.1, 0.15) is 24.6 Å². The Balaban J connectivity index is 1.64. The molecule has 3 atom stereocenters. The quantitative estimate of drug-likeness (QED) is 0.907. The first-order valence-corrected chi connectivity index (χ1v) is 8.29. The van der Waals surface area contributed by atoms with Crippen LogP contribution >= 0.6 is 0 Å². The second-order valence-corrected chi connectivity index (χ2v) is 6.76. The smallest absolute Gasteiger partial charge is 0.0459 e. The summed E-state index contributed by atoms with van der Waals surface area (Å²) in [6, 6.07) is 9.46. The fourth-order valence-electron chi connectivity index (χ4n) is 4.60. The van der Waals surface area contributed by atoms with Crippen LogP contribution in [0, 0.1) is 18.8 Å². The van der Waals surface area contributed by atoms with Gasteiger partial charge in [0, 0.05) is 35.7 Å². The Morgan fingerprint density at radius 2 is 2.10 bits per heavy atom. The molecule has 1 aromatic heterocycles. The van der Waals surface area contributed by atoms with E-state index in [1.165, 1.54) is 48.2 Å². The van der Waals surface area contributed by atoms with E-state index >= 15 is 0 Å². The summed E-state index contributed by atoms with van der Waals surface area (Å²) in [5.74, 6) is 1.72. The second kappa shape index (κ2) is 5.15. The van der Waals surface area contributed by atoms with Crippen molar-refractivity contribution in [2.24, 2.45) is 11.8 Å². The molecule has 3 unspecified atom stereocenters. The van der Waals surface area contributed by atoms with E-state index in [1.54, 1.807) is 0 Å². The van der Waals surface area contributed by atoms with Gasteiger partial charge in [0.2, 0.25) is 0 Å². The molecule has 0 amide bonds. The van der Waals surface area contributed by atoms with E-state index in [4.69, 9.17) is 0 Å². The lowest BCUT2D eigenvalue weighted by Gasteiger charge is -2.27. The van der Waals surface area contributed by atoms with Gasteiger partial charge in [-0.3, -0.25) is 4.90 Å². The first-order chi connectivity index (χ1) is 10.3. The molecule has 2 aromatic rings. The summed E-state index contributed by atoms with van der Waals surface area (Å²) in [4.78, 5) is 6.28. The van der Waals surface area contributed by atoms with Crippen molar-refractivity contribution < 1.29 is 0 Å². The number of H-pyrrole nitrogens is 1. The van der Waals surface area contributed by atoms with Crippen LogP contribution in [0.3, 0.4) is 0 Å². The first kappa shape index (κ1) is 13.4. The zero-order chi connectivity index (χ0) is 14.4. The van der Waals surface area contributed by atoms with Crippen molar-refractivity contribution in [1.29, 1.82) is 0 Å². The molecule has 2 N–H and O–H groups in total. The number of para-hydroxylation sites is 1. The van der Waals surface area contributed by atoms with E-state index in [9.17, 15) is 0 Å². The molecule has 0 saturated carbocycles. The van der Waals surface area contributed by atoms with Gasteiger partial charge in [0.25, 0.3) is 0 Å². The molecule has 4 rings (SSSR count). The van der Waals surface area contributed by atoms with Gasteiger partial charge in [-0.1, -0.05) is 25.1 Å². The van der Waals surface area contributed by atoms with Crippen LogP contribution in [0.15, 0.2) is 24.3 Å². The molecule has 112 valence electrons. The molecular weight excluding hydrogens is 258 g/mol. The monoisotopic (exact) mass is 283 g/mol. The predicted octanol–water partition coefficient (Wildman–Crippen LogP) is 2.91. The fraction of sp³-hybridized carbons (Fsp3) is 0.556. The minimum absolute atomic E-state index is 0.748. The van der Waals surface area contributed by atoms with Crippen LogP contribution in [-0.2, 0) is 6.54 Å². The highest BCUT2D eigenvalue weighted by molar-refractivity contribution is 5.84. The number of nitrogens with zero attached hydrogens (tertiary/aromatic N) is 1. The summed E-state index contributed by atoms with van der Waals surface area (Å²) in [7, 11) is 0. The molecule has 3 nitrogen and oxygen atoms in total. The lowest BCUT2D eigenvalue weighted by atomic mass is 9.93. The molecule has 0 radical (unpaired) electrons. The zero-order valence-corrected chi connectivity index (χ0v) is 13.0. The largest absolute Gasteiger partial charge is 0.358 e. The van der Waals surface area contributed by atoms with Crippen LogP contribution in [0.4, 0.5) is 0 Å². The van der Waals surface area contributed by atoms with Gasteiger partial charge < -0.3 is 10.3 Å². The summed E-state index contributed by atoms with van der Waals surface area (Å²) in [5, 5.41) is 4.98. The molecule has 2 aliphatic rings. The zero-order valence-electron chi connectivity index (χ0n) is 13.0. The highest BCUT2D eigenvalue weighted by Gasteiger charge is 2.43. The number of nitrogens with one attached hydrogen (secondary N) is 2. The van der Waals surface area contributed by atoms with Gasteiger partial charge >= 0.3 is 0 Å². The highest BCUT2D eigenvalue weighted by Crippen LogP contribution is 2.36. The van der Waals surface area contributed by atoms with E-state index < -0.39 is 0 Å². The molecule has 0 bridgehead atoms. The Bertz CT molecular complexity index is 645. The third-order valence-corrected chi connectivity index (χ3v) is 5.63. The standard InChI is InChI=1S/C18H25N3/c1-3-18-15-9-19-8-13(15)10-21(18)11-16-12(2)20-17-7-5-4-6-14(16)17/h4-7,13,15,18-20H,3,8-11H2,1-2H3. The maximum absolute atomic E-state index is 3.58. The summed E-state index contributed by atoms with van der Waals surface area (Å²) in [6.07, 6.45) is 1.27. The molecule has 0 aliphatic carbocycles. The molecule has 1 aromatic carbocycles. The predicted molar refractivity (Wildman–Crippen MR) is 87.4 cm³/mol. The molecule has 0 spiro atoms. The van der Waals surface area contributed by atoms with Crippen LogP contribution in [-0.4, -0.2) is 35.6 Å². The van der Waals surface area contributed by atoms with Gasteiger partial charge in [-0.25, -0.2) is 0 Å². The van der Waals surface area contributed by atoms with Crippen molar-refractivity contribution >= 4 is 10.9 Å². The fourth-order valence-corrected chi connectivity index (χ4v) is 4.60. The molecule has 3 heteroatoms. The Hall–Kier alpha value is -1.32. The number of hydrogen-bond acceptors (Lipinski definition) is 2. The van der Waals surface area contributed by atoms with Gasteiger partial charge in [-0.15, -0.1) is 0 Å². The average Bonchev–Trinajstić information content (AvgIpc) is 3.13. The third-order valence-electron chi connectivity index (χ3n) is 5.63. The third kappa shape index (κ3) is 2.11. The lowest BCUT2D eigenvalue weighted by molar-refractivity contribution is 0.211. The average molecular weight is 283 g/mol. The summed E-state index contributed by atoms with van der Waals surface area (Å²) < 4.78 is 0. The Labute approximate surface area is 126 Å². The summed E-state index contributed by atoms with van der Waals surface area (Å²) in [5.41, 5.74) is 4.11. The van der Waals surface area contributed by atoms with Crippen LogP contribution in [0.25, 0.3) is 10.9 Å². The Morgan fingerprint density at radius 1 is 1.24 bits per heavy atom. The van der Waals surface area contributed by atoms with Crippen LogP contribution in [0.5, 0.6) is 0 Å². The number of likely N-dealkylation sites (tertiary alicyclic amines) is 1. The normalized spacial score (nSPS) is 29.3. The summed E-state index contributed by atoms with van der Waals surface area (Å²) >= 11 is 0. The molecular formula is C18H25N3. The minimum Gasteiger partial charge on any atom is -0.358 e. The Kier molecular flexibility index (Phi) is 3.27. The van der Waals surface area contributed by atoms with Gasteiger partial charge in [-0.2, -0.15) is 0 Å². The van der Waals surface area contributed by atoms with E-state index in [-0.39, 0.29) is 0 Å². The van der Waals surface area contributed by atoms with Crippen molar-refractivity contribution in [2.45, 2.75) is 32.9 Å². The number of aromatic nitrogens is 1. The molecule has 3 heterocycles. The maximum atomic E-state index is 3.58. The summed E-state index contributed by atoms with van der Waals surface area (Å²) in [6.45, 7) is 9.35. The lowest BCUT2D eigenvalue weighted by Crippen LogP contribution is -2.34. The minimum atomic E-state index is 0.748. The van der Waals surface area contributed by atoms with E-state index in [1.807, 2.05) is 0 Å². The SMILES string of the molecule is CCC1C2CNCC2CN1Cc1c(C)[nH]c2ccccc12. The van der Waals surface area contributed by atoms with Gasteiger partial charge in [0.1, 0.15) is 0 Å². The second-order valence-electron chi connectivity index (χ2n) is 6.76. The molecule has 2 aliphatic heterocycles. The van der Waals surface area contributed by atoms with Crippen molar-refractivity contribution in [3.63, 3.8) is 0 Å². The Morgan fingerprint density at radius 3 is 2.95 bits per heavy atom. The van der Waals surface area contributed by atoms with E-state index in [0.29, 0.717) is 0 Å². The van der Waals surface area contributed by atoms with Gasteiger partial charge in [-0.05, 0) is 49.9 Å². The van der Waals surface area contributed by atoms with Crippen molar-refractivity contribution in [2.75, 3.05) is 19.6 Å². The number of aryl methyl sites for hydroxylation is 1. The molecule has 2 fully saturated rings. The van der Waals surface area contributed by atoms with E-state index in [2.05, 4.69) is 53.3 Å². The molecule has 21 heavy (non-hydrogen) atoms. The first-order valence-electron chi connectivity index (χ1n) is 8.29. The van der Waals surface area contributed by atoms with Crippen LogP contribution in [0.2, 0.25) is 0 Å². The molecule has 2 saturated heterocycles. The highest BCUT2D eigenvalue weighted by atomic mass is 15.2.